The fourth-order valence-corrected chi connectivity index (χ4v) is 3.45. The van der Waals surface area contributed by atoms with Gasteiger partial charge >= 0.3 is 5.97 Å². The number of aromatic amines is 1. The molecule has 0 bridgehead atoms. The maximum Gasteiger partial charge on any atom is 0.337 e. The molecule has 156 valence electrons. The molecular weight excluding hydrogens is 402 g/mol. The molecule has 0 fully saturated rings. The number of carbonyl (C=O) groups excluding carboxylic acids is 1. The molecular formula is C25H19N5O2. The van der Waals surface area contributed by atoms with E-state index in [1.807, 2.05) is 54.6 Å². The highest BCUT2D eigenvalue weighted by atomic mass is 16.5. The summed E-state index contributed by atoms with van der Waals surface area (Å²) in [6.45, 7) is 0. The average molecular weight is 421 g/mol. The second-order valence-corrected chi connectivity index (χ2v) is 7.16. The minimum atomic E-state index is -0.376. The highest BCUT2D eigenvalue weighted by Crippen LogP contribution is 2.26. The number of imidazole rings is 1. The van der Waals surface area contributed by atoms with Crippen LogP contribution in [0.5, 0.6) is 0 Å². The molecule has 0 aliphatic heterocycles. The zero-order valence-corrected chi connectivity index (χ0v) is 17.2. The summed E-state index contributed by atoms with van der Waals surface area (Å²) in [5.74, 6) is 1.04. The highest BCUT2D eigenvalue weighted by Gasteiger charge is 2.10. The largest absolute Gasteiger partial charge is 0.465 e. The number of benzene rings is 3. The predicted octanol–water partition coefficient (Wildman–Crippen LogP) is 5.22. The minimum Gasteiger partial charge on any atom is -0.465 e. The van der Waals surface area contributed by atoms with Gasteiger partial charge in [-0.05, 0) is 60.7 Å². The summed E-state index contributed by atoms with van der Waals surface area (Å²) >= 11 is 0. The molecule has 0 aliphatic carbocycles. The third-order valence-corrected chi connectivity index (χ3v) is 5.04. The molecule has 0 amide bonds. The van der Waals surface area contributed by atoms with E-state index in [0.29, 0.717) is 11.4 Å². The predicted molar refractivity (Wildman–Crippen MR) is 124 cm³/mol. The minimum absolute atomic E-state index is 0.376. The van der Waals surface area contributed by atoms with E-state index >= 15 is 0 Å². The van der Waals surface area contributed by atoms with E-state index in [9.17, 15) is 4.79 Å². The van der Waals surface area contributed by atoms with Crippen molar-refractivity contribution in [3.05, 3.63) is 90.8 Å². The Hall–Kier alpha value is -4.52. The van der Waals surface area contributed by atoms with Crippen molar-refractivity contribution >= 4 is 28.4 Å². The third-order valence-electron chi connectivity index (χ3n) is 5.04. The number of hydrogen-bond acceptors (Lipinski definition) is 6. The first-order chi connectivity index (χ1) is 15.7. The molecule has 0 saturated carbocycles. The summed E-state index contributed by atoms with van der Waals surface area (Å²) < 4.78 is 4.79. The fourth-order valence-electron chi connectivity index (χ4n) is 3.45. The maximum atomic E-state index is 11.8. The maximum absolute atomic E-state index is 11.8. The van der Waals surface area contributed by atoms with Crippen LogP contribution >= 0.6 is 0 Å². The summed E-state index contributed by atoms with van der Waals surface area (Å²) in [7, 11) is 1.37. The number of nitrogens with one attached hydrogen (secondary N) is 2. The molecule has 0 aliphatic rings. The molecule has 3 aromatic carbocycles. The van der Waals surface area contributed by atoms with Crippen LogP contribution in [0.1, 0.15) is 10.4 Å². The molecule has 0 atom stereocenters. The molecule has 5 rings (SSSR count). The van der Waals surface area contributed by atoms with Gasteiger partial charge in [-0.3, -0.25) is 0 Å². The number of H-pyrrole nitrogens is 1. The van der Waals surface area contributed by atoms with Gasteiger partial charge in [0.2, 0.25) is 0 Å². The first-order valence-corrected chi connectivity index (χ1v) is 10.0. The number of carbonyl (C=O) groups is 1. The zero-order chi connectivity index (χ0) is 21.9. The van der Waals surface area contributed by atoms with Crippen molar-refractivity contribution in [3.63, 3.8) is 0 Å². The number of nitrogens with zero attached hydrogens (tertiary/aromatic N) is 3. The first-order valence-electron chi connectivity index (χ1n) is 10.0. The lowest BCUT2D eigenvalue weighted by Gasteiger charge is -2.08. The van der Waals surface area contributed by atoms with E-state index in [2.05, 4.69) is 25.3 Å². The van der Waals surface area contributed by atoms with E-state index in [4.69, 9.17) is 4.74 Å². The van der Waals surface area contributed by atoms with Crippen molar-refractivity contribution in [2.45, 2.75) is 0 Å². The number of esters is 1. The molecule has 32 heavy (non-hydrogen) atoms. The molecule has 0 saturated heterocycles. The monoisotopic (exact) mass is 421 g/mol. The van der Waals surface area contributed by atoms with Gasteiger partial charge in [-0.15, -0.1) is 0 Å². The lowest BCUT2D eigenvalue weighted by Crippen LogP contribution is -2.00. The normalized spacial score (nSPS) is 10.8. The first kappa shape index (κ1) is 19.4. The van der Waals surface area contributed by atoms with E-state index in [-0.39, 0.29) is 5.97 Å². The summed E-state index contributed by atoms with van der Waals surface area (Å²) in [5.41, 5.74) is 5.81. The van der Waals surface area contributed by atoms with Crippen molar-refractivity contribution in [1.82, 2.24) is 19.9 Å². The van der Waals surface area contributed by atoms with Crippen LogP contribution < -0.4 is 5.32 Å². The highest BCUT2D eigenvalue weighted by molar-refractivity contribution is 5.94. The standard InChI is InChI=1S/C25H19N5O2/c1-32-25(31)18-8-11-21-22(15-18)30-24(29-21)17-4-2-5-20(14-17)28-19-9-6-16(7-10-19)23-26-12-3-13-27-23/h2-15,28H,1H3,(H,29,30). The average Bonchev–Trinajstić information content (AvgIpc) is 3.28. The molecule has 2 N–H and O–H groups in total. The Labute approximate surface area is 184 Å². The SMILES string of the molecule is COC(=O)c1ccc2nc(-c3cccc(Nc4ccc(-c5ncccn5)cc4)c3)[nH]c2c1. The van der Waals surface area contributed by atoms with E-state index in [1.54, 1.807) is 30.6 Å². The van der Waals surface area contributed by atoms with Crippen LogP contribution in [0.3, 0.4) is 0 Å². The number of fused-ring (bicyclic) bond motifs is 1. The van der Waals surface area contributed by atoms with Crippen molar-refractivity contribution in [2.24, 2.45) is 0 Å². The summed E-state index contributed by atoms with van der Waals surface area (Å²) in [4.78, 5) is 28.3. The number of ether oxygens (including phenoxy) is 1. The van der Waals surface area contributed by atoms with Crippen molar-refractivity contribution in [1.29, 1.82) is 0 Å². The smallest absolute Gasteiger partial charge is 0.337 e. The van der Waals surface area contributed by atoms with Crippen LogP contribution in [0.4, 0.5) is 11.4 Å². The summed E-state index contributed by atoms with van der Waals surface area (Å²) in [5, 5.41) is 3.41. The van der Waals surface area contributed by atoms with Crippen LogP contribution in [0, 0.1) is 0 Å². The van der Waals surface area contributed by atoms with Crippen LogP contribution in [0.2, 0.25) is 0 Å². The lowest BCUT2D eigenvalue weighted by molar-refractivity contribution is 0.0601. The van der Waals surface area contributed by atoms with Gasteiger partial charge in [-0.25, -0.2) is 19.7 Å². The van der Waals surface area contributed by atoms with Crippen LogP contribution in [0.15, 0.2) is 85.2 Å². The Balaban J connectivity index is 1.38. The van der Waals surface area contributed by atoms with Crippen molar-refractivity contribution < 1.29 is 9.53 Å². The fraction of sp³-hybridized carbons (Fsp3) is 0.0400. The van der Waals surface area contributed by atoms with Gasteiger partial charge in [0.1, 0.15) is 5.82 Å². The van der Waals surface area contributed by atoms with Gasteiger partial charge in [0.15, 0.2) is 5.82 Å². The lowest BCUT2D eigenvalue weighted by atomic mass is 10.1. The van der Waals surface area contributed by atoms with E-state index in [1.165, 1.54) is 7.11 Å². The Morgan fingerprint density at radius 3 is 2.47 bits per heavy atom. The molecule has 7 nitrogen and oxygen atoms in total. The second kappa shape index (κ2) is 8.31. The number of rotatable bonds is 5. The molecule has 2 aromatic heterocycles. The number of methoxy groups -OCH3 is 1. The van der Waals surface area contributed by atoms with Crippen LogP contribution in [0.25, 0.3) is 33.8 Å². The second-order valence-electron chi connectivity index (χ2n) is 7.16. The number of anilines is 2. The van der Waals surface area contributed by atoms with Gasteiger partial charge in [0, 0.05) is 34.9 Å². The Kier molecular flexibility index (Phi) is 5.05. The van der Waals surface area contributed by atoms with E-state index < -0.39 is 0 Å². The van der Waals surface area contributed by atoms with Crippen LogP contribution in [-0.2, 0) is 4.74 Å². The molecule has 2 heterocycles. The summed E-state index contributed by atoms with van der Waals surface area (Å²) in [6, 6.07) is 23.0. The van der Waals surface area contributed by atoms with Gasteiger partial charge in [0.05, 0.1) is 23.7 Å². The molecule has 5 aromatic rings. The van der Waals surface area contributed by atoms with Gasteiger partial charge < -0.3 is 15.0 Å². The Morgan fingerprint density at radius 1 is 0.875 bits per heavy atom. The van der Waals surface area contributed by atoms with Crippen molar-refractivity contribution in [2.75, 3.05) is 12.4 Å². The molecule has 0 unspecified atom stereocenters. The molecule has 7 heteroatoms. The molecule has 0 spiro atoms. The Morgan fingerprint density at radius 2 is 1.69 bits per heavy atom. The Bertz CT molecular complexity index is 1400. The van der Waals surface area contributed by atoms with Gasteiger partial charge in [-0.2, -0.15) is 0 Å². The number of hydrogen-bond donors (Lipinski definition) is 2. The van der Waals surface area contributed by atoms with E-state index in [0.717, 1.165) is 39.4 Å². The zero-order valence-electron chi connectivity index (χ0n) is 17.2. The number of aromatic nitrogens is 4. The van der Waals surface area contributed by atoms with Crippen LogP contribution in [-0.4, -0.2) is 33.0 Å². The molecule has 0 radical (unpaired) electrons. The van der Waals surface area contributed by atoms with Gasteiger partial charge in [0.25, 0.3) is 0 Å². The summed E-state index contributed by atoms with van der Waals surface area (Å²) in [6.07, 6.45) is 3.46. The quantitative estimate of drug-likeness (QED) is 0.378. The van der Waals surface area contributed by atoms with Gasteiger partial charge in [-0.1, -0.05) is 12.1 Å². The third kappa shape index (κ3) is 3.91. The topological polar surface area (TPSA) is 92.8 Å². The van der Waals surface area contributed by atoms with Crippen molar-refractivity contribution in [3.8, 4) is 22.8 Å².